The molecule has 5 N–H and O–H groups in total. The van der Waals surface area contributed by atoms with E-state index in [4.69, 9.17) is 10.2 Å². The first-order valence-corrected chi connectivity index (χ1v) is 8.85. The van der Waals surface area contributed by atoms with E-state index in [1.807, 2.05) is 27.0 Å². The van der Waals surface area contributed by atoms with Crippen LogP contribution in [0.1, 0.15) is 37.8 Å². The van der Waals surface area contributed by atoms with Crippen LogP contribution in [0.4, 0.5) is 0 Å². The molecule has 1 saturated carbocycles. The van der Waals surface area contributed by atoms with Crippen LogP contribution >= 0.6 is 0 Å². The van der Waals surface area contributed by atoms with Crippen LogP contribution in [0.3, 0.4) is 0 Å². The summed E-state index contributed by atoms with van der Waals surface area (Å²) in [6, 6.07) is 4.09. The minimum absolute atomic E-state index is 0.0543. The van der Waals surface area contributed by atoms with E-state index in [-0.39, 0.29) is 11.7 Å². The maximum atomic E-state index is 12.0. The molecule has 1 fully saturated rings. The van der Waals surface area contributed by atoms with E-state index in [2.05, 4.69) is 26.8 Å². The summed E-state index contributed by atoms with van der Waals surface area (Å²) in [7, 11) is 1.86. The monoisotopic (exact) mass is 353 g/mol. The Morgan fingerprint density at radius 2 is 2.12 bits per heavy atom. The molecule has 7 nitrogen and oxygen atoms in total. The number of imidazole rings is 1. The Kier molecular flexibility index (Phi) is 3.96. The van der Waals surface area contributed by atoms with Gasteiger partial charge in [-0.3, -0.25) is 0 Å². The first-order chi connectivity index (χ1) is 12.5. The fraction of sp³-hybridized carbons (Fsp3) is 0.368. The summed E-state index contributed by atoms with van der Waals surface area (Å²) in [4.78, 5) is 23.2. The van der Waals surface area contributed by atoms with Gasteiger partial charge in [0.05, 0.1) is 17.1 Å². The highest BCUT2D eigenvalue weighted by Gasteiger charge is 2.29. The van der Waals surface area contributed by atoms with Crippen LogP contribution in [0.15, 0.2) is 28.3 Å². The number of nitrogens with one attached hydrogen (secondary N) is 5. The van der Waals surface area contributed by atoms with Crippen LogP contribution in [-0.2, 0) is 4.84 Å². The van der Waals surface area contributed by atoms with Crippen molar-refractivity contribution < 1.29 is 4.84 Å². The van der Waals surface area contributed by atoms with Crippen LogP contribution in [0, 0.1) is 11.3 Å². The molecular formula is C19H23N5O2. The number of H-pyrrole nitrogens is 2. The van der Waals surface area contributed by atoms with E-state index in [0.29, 0.717) is 5.92 Å². The van der Waals surface area contributed by atoms with Crippen molar-refractivity contribution in [2.45, 2.75) is 32.7 Å². The van der Waals surface area contributed by atoms with Gasteiger partial charge in [0.1, 0.15) is 5.76 Å². The molecule has 2 aromatic rings. The van der Waals surface area contributed by atoms with Gasteiger partial charge in [0, 0.05) is 30.1 Å². The van der Waals surface area contributed by atoms with E-state index in [9.17, 15) is 4.79 Å². The number of hydrogen-bond acceptors (Lipinski definition) is 5. The molecule has 4 rings (SSSR count). The van der Waals surface area contributed by atoms with Crippen molar-refractivity contribution >= 4 is 28.5 Å². The molecule has 0 spiro atoms. The lowest BCUT2D eigenvalue weighted by atomic mass is 9.94. The smallest absolute Gasteiger partial charge is 0.323 e. The molecule has 1 aliphatic heterocycles. The average Bonchev–Trinajstić information content (AvgIpc) is 3.29. The van der Waals surface area contributed by atoms with E-state index in [1.165, 1.54) is 6.21 Å². The quantitative estimate of drug-likeness (QED) is 0.533. The van der Waals surface area contributed by atoms with Crippen molar-refractivity contribution in [2.24, 2.45) is 5.92 Å². The number of rotatable bonds is 5. The fourth-order valence-corrected chi connectivity index (χ4v) is 3.77. The normalized spacial score (nSPS) is 21.0. The van der Waals surface area contributed by atoms with E-state index in [1.54, 1.807) is 0 Å². The molecule has 1 aromatic carbocycles. The molecule has 1 aromatic heterocycles. The summed E-state index contributed by atoms with van der Waals surface area (Å²) in [5.41, 5.74) is 9.05. The van der Waals surface area contributed by atoms with E-state index in [0.717, 1.165) is 57.6 Å². The lowest BCUT2D eigenvalue weighted by molar-refractivity contribution is 0.122. The number of benzene rings is 1. The van der Waals surface area contributed by atoms with Gasteiger partial charge in [-0.1, -0.05) is 0 Å². The lowest BCUT2D eigenvalue weighted by Crippen LogP contribution is -2.19. The van der Waals surface area contributed by atoms with Crippen LogP contribution in [0.5, 0.6) is 0 Å². The van der Waals surface area contributed by atoms with E-state index >= 15 is 0 Å². The zero-order valence-electron chi connectivity index (χ0n) is 15.1. The summed E-state index contributed by atoms with van der Waals surface area (Å²) in [6.07, 6.45) is 3.63. The Morgan fingerprint density at radius 3 is 2.69 bits per heavy atom. The van der Waals surface area contributed by atoms with Crippen LogP contribution in [0.25, 0.3) is 22.3 Å². The molecule has 7 heteroatoms. The highest BCUT2D eigenvalue weighted by atomic mass is 16.7. The van der Waals surface area contributed by atoms with Gasteiger partial charge in [0.15, 0.2) is 0 Å². The third-order valence-electron chi connectivity index (χ3n) is 5.12. The van der Waals surface area contributed by atoms with Crippen LogP contribution in [0.2, 0.25) is 0 Å². The number of hydroxylamine groups is 1. The summed E-state index contributed by atoms with van der Waals surface area (Å²) in [5, 5.41) is 11.1. The minimum atomic E-state index is -0.240. The maximum absolute atomic E-state index is 12.0. The number of aromatic nitrogens is 2. The Labute approximate surface area is 151 Å². The number of hydrogen-bond donors (Lipinski definition) is 5. The SMILES string of the molecule is CN/C(=C(\C=N)C1CC1)c1cc(C2=C(C)ONC2C)cc2[nH]c(=O)[nH]c12. The zero-order valence-corrected chi connectivity index (χ0v) is 15.1. The van der Waals surface area contributed by atoms with Crippen molar-refractivity contribution in [3.8, 4) is 0 Å². The van der Waals surface area contributed by atoms with Gasteiger partial charge in [-0.05, 0) is 55.9 Å². The lowest BCUT2D eigenvalue weighted by Gasteiger charge is -2.16. The molecule has 0 amide bonds. The second kappa shape index (κ2) is 6.17. The Balaban J connectivity index is 2.00. The Morgan fingerprint density at radius 1 is 1.35 bits per heavy atom. The molecule has 1 aliphatic carbocycles. The van der Waals surface area contributed by atoms with Crippen molar-refractivity contribution in [2.75, 3.05) is 7.05 Å². The van der Waals surface area contributed by atoms with Crippen LogP contribution < -0.4 is 16.5 Å². The van der Waals surface area contributed by atoms with Crippen molar-refractivity contribution in [3.05, 3.63) is 45.1 Å². The van der Waals surface area contributed by atoms with Gasteiger partial charge in [0.2, 0.25) is 0 Å². The number of aromatic amines is 2. The van der Waals surface area contributed by atoms with Gasteiger partial charge >= 0.3 is 5.69 Å². The number of allylic oxidation sites excluding steroid dienone is 2. The third-order valence-corrected chi connectivity index (χ3v) is 5.12. The van der Waals surface area contributed by atoms with Gasteiger partial charge in [-0.15, -0.1) is 5.48 Å². The van der Waals surface area contributed by atoms with Crippen molar-refractivity contribution in [1.29, 1.82) is 5.41 Å². The molecule has 1 unspecified atom stereocenters. The van der Waals surface area contributed by atoms with Gasteiger partial charge < -0.3 is 25.5 Å². The Bertz CT molecular complexity index is 1010. The van der Waals surface area contributed by atoms with Gasteiger partial charge in [0.25, 0.3) is 0 Å². The first kappa shape index (κ1) is 16.7. The summed E-state index contributed by atoms with van der Waals surface area (Å²) >= 11 is 0. The third kappa shape index (κ3) is 2.64. The van der Waals surface area contributed by atoms with Crippen molar-refractivity contribution in [3.63, 3.8) is 0 Å². The van der Waals surface area contributed by atoms with Crippen molar-refractivity contribution in [1.82, 2.24) is 20.8 Å². The number of fused-ring (bicyclic) bond motifs is 1. The first-order valence-electron chi connectivity index (χ1n) is 8.85. The topological polar surface area (TPSA) is 106 Å². The minimum Gasteiger partial charge on any atom is -0.413 e. The maximum Gasteiger partial charge on any atom is 0.323 e. The molecule has 26 heavy (non-hydrogen) atoms. The van der Waals surface area contributed by atoms with Gasteiger partial charge in [-0.2, -0.15) is 0 Å². The predicted molar refractivity (Wildman–Crippen MR) is 103 cm³/mol. The average molecular weight is 353 g/mol. The summed E-state index contributed by atoms with van der Waals surface area (Å²) in [5.74, 6) is 1.24. The summed E-state index contributed by atoms with van der Waals surface area (Å²) < 4.78 is 0. The molecule has 1 atom stereocenters. The predicted octanol–water partition coefficient (Wildman–Crippen LogP) is 2.50. The molecule has 2 heterocycles. The Hall–Kier alpha value is -2.80. The molecule has 0 bridgehead atoms. The zero-order chi connectivity index (χ0) is 18.4. The fourth-order valence-electron chi connectivity index (χ4n) is 3.77. The largest absolute Gasteiger partial charge is 0.413 e. The molecule has 0 saturated heterocycles. The highest BCUT2D eigenvalue weighted by Crippen LogP contribution is 2.40. The second-order valence-corrected chi connectivity index (χ2v) is 6.94. The summed E-state index contributed by atoms with van der Waals surface area (Å²) in [6.45, 7) is 3.97. The molecule has 0 radical (unpaired) electrons. The van der Waals surface area contributed by atoms with E-state index < -0.39 is 0 Å². The molecule has 2 aliphatic rings. The van der Waals surface area contributed by atoms with Gasteiger partial charge in [-0.25, -0.2) is 4.79 Å². The standard InChI is InChI=1S/C19H23N5O2/c1-9-16(10(2)26-24-9)12-6-13(18-15(7-12)22-19(25)23-18)17(21-3)14(8-20)11-4-5-11/h6-9,11,20-21,24H,4-5H2,1-3H3,(H2,22,23,25)/b17-14+,20-8?. The van der Waals surface area contributed by atoms with Crippen LogP contribution in [-0.4, -0.2) is 29.3 Å². The molecular weight excluding hydrogens is 330 g/mol. The molecule has 136 valence electrons. The second-order valence-electron chi connectivity index (χ2n) is 6.94. The highest BCUT2D eigenvalue weighted by molar-refractivity contribution is 5.98.